The lowest BCUT2D eigenvalue weighted by atomic mass is 10.0. The number of hydrogen-bond acceptors (Lipinski definition) is 6. The van der Waals surface area contributed by atoms with Crippen LogP contribution in [0.1, 0.15) is 393 Å². The first kappa shape index (κ1) is 80.1. The summed E-state index contributed by atoms with van der Waals surface area (Å²) in [6, 6.07) is 0. The molecule has 0 aliphatic carbocycles. The lowest BCUT2D eigenvalue weighted by Gasteiger charge is -2.18. The van der Waals surface area contributed by atoms with Crippen LogP contribution in [-0.4, -0.2) is 37.2 Å². The monoisotopic (exact) mass is 1160 g/mol. The lowest BCUT2D eigenvalue weighted by molar-refractivity contribution is -0.167. The van der Waals surface area contributed by atoms with E-state index in [1.165, 1.54) is 270 Å². The highest BCUT2D eigenvalue weighted by atomic mass is 16.6. The van der Waals surface area contributed by atoms with Gasteiger partial charge in [0.1, 0.15) is 13.2 Å². The van der Waals surface area contributed by atoms with Crippen molar-refractivity contribution in [2.24, 2.45) is 0 Å². The SMILES string of the molecule is CCCCC/C=C\C/C=C\C/C=C\CCCCCCCCC(=O)OC(COC(=O)CCCCCCCCCCCCCCCCCCC)COC(=O)CCCCCCCCCCCCCCCCCCC/C=C\C/C=C\CCCCCCC. The molecule has 0 aliphatic rings. The topological polar surface area (TPSA) is 78.9 Å². The molecule has 0 bridgehead atoms. The summed E-state index contributed by atoms with van der Waals surface area (Å²) in [5.41, 5.74) is 0. The van der Waals surface area contributed by atoms with Gasteiger partial charge in [-0.2, -0.15) is 0 Å². The standard InChI is InChI=1S/C77H140O6/c1-4-7-10-13-16-19-22-25-28-31-33-34-35-36-37-38-39-40-41-42-44-46-49-52-55-58-61-64-67-70-76(79)82-73-74(72-81-75(78)69-66-63-60-57-54-51-48-45-30-27-24-21-18-15-12-9-6-3)83-77(80)71-68-65-62-59-56-53-50-47-43-32-29-26-23-20-17-14-11-8-5-2/h17,20,22,25-26,29,31,33,43,47,74H,4-16,18-19,21,23-24,27-28,30,32,34-42,44-46,48-73H2,1-3H3/b20-17-,25-22-,29-26-,33-31-,47-43-. The second-order valence-corrected chi connectivity index (χ2v) is 24.9. The molecule has 83 heavy (non-hydrogen) atoms. The second-order valence-electron chi connectivity index (χ2n) is 24.9. The number of rotatable bonds is 68. The van der Waals surface area contributed by atoms with Crippen LogP contribution in [0.2, 0.25) is 0 Å². The van der Waals surface area contributed by atoms with E-state index in [1.807, 2.05) is 0 Å². The molecule has 0 rings (SSSR count). The molecule has 0 aromatic rings. The Balaban J connectivity index is 4.27. The van der Waals surface area contributed by atoms with Crippen molar-refractivity contribution in [3.8, 4) is 0 Å². The molecule has 6 nitrogen and oxygen atoms in total. The summed E-state index contributed by atoms with van der Waals surface area (Å²) in [5.74, 6) is -0.860. The van der Waals surface area contributed by atoms with Crippen LogP contribution in [0.3, 0.4) is 0 Å². The number of carbonyl (C=O) groups excluding carboxylic acids is 3. The molecule has 0 amide bonds. The van der Waals surface area contributed by atoms with Crippen LogP contribution in [-0.2, 0) is 28.6 Å². The predicted octanol–water partition coefficient (Wildman–Crippen LogP) is 25.5. The number of unbranched alkanes of at least 4 members (excludes halogenated alkanes) is 47. The second kappa shape index (κ2) is 71.6. The van der Waals surface area contributed by atoms with Crippen molar-refractivity contribution in [1.29, 1.82) is 0 Å². The van der Waals surface area contributed by atoms with Gasteiger partial charge in [-0.1, -0.05) is 345 Å². The third-order valence-corrected chi connectivity index (χ3v) is 16.5. The van der Waals surface area contributed by atoms with Gasteiger partial charge in [-0.25, -0.2) is 0 Å². The summed E-state index contributed by atoms with van der Waals surface area (Å²) < 4.78 is 17.0. The molecule has 0 fully saturated rings. The highest BCUT2D eigenvalue weighted by Gasteiger charge is 2.19. The molecule has 0 aromatic heterocycles. The van der Waals surface area contributed by atoms with Gasteiger partial charge in [-0.05, 0) is 89.9 Å². The quantitative estimate of drug-likeness (QED) is 0.0261. The Morgan fingerprint density at radius 3 is 0.699 bits per heavy atom. The zero-order valence-corrected chi connectivity index (χ0v) is 55.7. The number of ether oxygens (including phenoxy) is 3. The van der Waals surface area contributed by atoms with Gasteiger partial charge in [0.15, 0.2) is 6.10 Å². The molecule has 0 N–H and O–H groups in total. The number of hydrogen-bond donors (Lipinski definition) is 0. The van der Waals surface area contributed by atoms with E-state index in [2.05, 4.69) is 81.5 Å². The first-order valence-corrected chi connectivity index (χ1v) is 36.8. The average molecular weight is 1160 g/mol. The highest BCUT2D eigenvalue weighted by Crippen LogP contribution is 2.18. The molecular formula is C77H140O6. The maximum atomic E-state index is 13.0. The minimum Gasteiger partial charge on any atom is -0.462 e. The summed E-state index contributed by atoms with van der Waals surface area (Å²) in [4.78, 5) is 38.5. The van der Waals surface area contributed by atoms with Crippen molar-refractivity contribution >= 4 is 17.9 Å². The van der Waals surface area contributed by atoms with E-state index >= 15 is 0 Å². The van der Waals surface area contributed by atoms with Crippen LogP contribution >= 0.6 is 0 Å². The fraction of sp³-hybridized carbons (Fsp3) is 0.831. The van der Waals surface area contributed by atoms with Crippen LogP contribution in [0.5, 0.6) is 0 Å². The van der Waals surface area contributed by atoms with Crippen molar-refractivity contribution in [1.82, 2.24) is 0 Å². The largest absolute Gasteiger partial charge is 0.462 e. The summed E-state index contributed by atoms with van der Waals surface area (Å²) >= 11 is 0. The molecule has 6 heteroatoms. The Bertz CT molecular complexity index is 1470. The third kappa shape index (κ3) is 69.8. The van der Waals surface area contributed by atoms with Gasteiger partial charge < -0.3 is 14.2 Å². The zero-order chi connectivity index (χ0) is 59.9. The lowest BCUT2D eigenvalue weighted by Crippen LogP contribution is -2.30. The first-order valence-electron chi connectivity index (χ1n) is 36.8. The Hall–Kier alpha value is -2.89. The molecule has 0 spiro atoms. The molecule has 0 saturated carbocycles. The molecule has 1 unspecified atom stereocenters. The smallest absolute Gasteiger partial charge is 0.306 e. The number of carbonyl (C=O) groups is 3. The Kier molecular flexibility index (Phi) is 69.1. The van der Waals surface area contributed by atoms with Crippen LogP contribution in [0.25, 0.3) is 0 Å². The minimum atomic E-state index is -0.781. The summed E-state index contributed by atoms with van der Waals surface area (Å²) in [6.07, 6.45) is 92.5. The van der Waals surface area contributed by atoms with E-state index in [9.17, 15) is 14.4 Å². The maximum absolute atomic E-state index is 13.0. The fourth-order valence-corrected chi connectivity index (χ4v) is 11.0. The van der Waals surface area contributed by atoms with Crippen LogP contribution in [0, 0.1) is 0 Å². The molecular weight excluding hydrogens is 1020 g/mol. The summed E-state index contributed by atoms with van der Waals surface area (Å²) in [6.45, 7) is 6.66. The predicted molar refractivity (Wildman–Crippen MR) is 362 cm³/mol. The normalized spacial score (nSPS) is 12.4. The molecule has 0 radical (unpaired) electrons. The Morgan fingerprint density at radius 2 is 0.434 bits per heavy atom. The van der Waals surface area contributed by atoms with Gasteiger partial charge in [0.2, 0.25) is 0 Å². The Labute approximate surface area is 517 Å². The van der Waals surface area contributed by atoms with Crippen molar-refractivity contribution in [3.05, 3.63) is 60.8 Å². The van der Waals surface area contributed by atoms with E-state index < -0.39 is 6.10 Å². The first-order chi connectivity index (χ1) is 41.0. The molecule has 0 saturated heterocycles. The molecule has 1 atom stereocenters. The molecule has 0 heterocycles. The van der Waals surface area contributed by atoms with E-state index in [-0.39, 0.29) is 31.1 Å². The average Bonchev–Trinajstić information content (AvgIpc) is 3.49. The van der Waals surface area contributed by atoms with Gasteiger partial charge in [0, 0.05) is 19.3 Å². The number of allylic oxidation sites excluding steroid dienone is 10. The van der Waals surface area contributed by atoms with Crippen LogP contribution in [0.4, 0.5) is 0 Å². The van der Waals surface area contributed by atoms with Gasteiger partial charge in [0.25, 0.3) is 0 Å². The molecule has 0 aliphatic heterocycles. The fourth-order valence-electron chi connectivity index (χ4n) is 11.0. The zero-order valence-electron chi connectivity index (χ0n) is 55.7. The third-order valence-electron chi connectivity index (χ3n) is 16.5. The van der Waals surface area contributed by atoms with Gasteiger partial charge in [-0.15, -0.1) is 0 Å². The van der Waals surface area contributed by atoms with Crippen molar-refractivity contribution in [2.75, 3.05) is 13.2 Å². The van der Waals surface area contributed by atoms with Gasteiger partial charge >= 0.3 is 17.9 Å². The van der Waals surface area contributed by atoms with Crippen LogP contribution < -0.4 is 0 Å². The van der Waals surface area contributed by atoms with Gasteiger partial charge in [-0.3, -0.25) is 14.4 Å². The van der Waals surface area contributed by atoms with E-state index in [1.54, 1.807) is 0 Å². The van der Waals surface area contributed by atoms with Crippen molar-refractivity contribution in [3.63, 3.8) is 0 Å². The van der Waals surface area contributed by atoms with Crippen LogP contribution in [0.15, 0.2) is 60.8 Å². The van der Waals surface area contributed by atoms with E-state index in [0.29, 0.717) is 19.3 Å². The van der Waals surface area contributed by atoms with Crippen molar-refractivity contribution < 1.29 is 28.6 Å². The van der Waals surface area contributed by atoms with E-state index in [4.69, 9.17) is 14.2 Å². The molecule has 0 aromatic carbocycles. The summed E-state index contributed by atoms with van der Waals surface area (Å²) in [5, 5.41) is 0. The van der Waals surface area contributed by atoms with Crippen molar-refractivity contribution in [2.45, 2.75) is 399 Å². The highest BCUT2D eigenvalue weighted by molar-refractivity contribution is 5.71. The number of esters is 3. The van der Waals surface area contributed by atoms with Gasteiger partial charge in [0.05, 0.1) is 0 Å². The Morgan fingerprint density at radius 1 is 0.241 bits per heavy atom. The maximum Gasteiger partial charge on any atom is 0.306 e. The molecule has 484 valence electrons. The summed E-state index contributed by atoms with van der Waals surface area (Å²) in [7, 11) is 0. The minimum absolute atomic E-state index is 0.0745. The van der Waals surface area contributed by atoms with E-state index in [0.717, 1.165) is 83.5 Å².